The van der Waals surface area contributed by atoms with E-state index >= 15 is 0 Å². The largest absolute Gasteiger partial charge is 0.293 e. The van der Waals surface area contributed by atoms with Gasteiger partial charge in [-0.2, -0.15) is 5.26 Å². The van der Waals surface area contributed by atoms with Gasteiger partial charge in [-0.05, 0) is 27.7 Å². The van der Waals surface area contributed by atoms with Crippen molar-refractivity contribution in [3.8, 4) is 6.07 Å². The van der Waals surface area contributed by atoms with Gasteiger partial charge in [0.2, 0.25) is 0 Å². The maximum Gasteiger partial charge on any atom is 0.107 e. The highest BCUT2D eigenvalue weighted by atomic mass is 32.1. The van der Waals surface area contributed by atoms with E-state index in [1.165, 1.54) is 4.88 Å². The lowest BCUT2D eigenvalue weighted by Gasteiger charge is -2.24. The van der Waals surface area contributed by atoms with Crippen molar-refractivity contribution in [1.29, 1.82) is 5.26 Å². The Morgan fingerprint density at radius 2 is 2.12 bits per heavy atom. The number of thiazole rings is 1. The Morgan fingerprint density at radius 3 is 2.56 bits per heavy atom. The van der Waals surface area contributed by atoms with Gasteiger partial charge in [0.15, 0.2) is 0 Å². The van der Waals surface area contributed by atoms with Gasteiger partial charge in [0, 0.05) is 23.9 Å². The quantitative estimate of drug-likeness (QED) is 0.790. The smallest absolute Gasteiger partial charge is 0.107 e. The number of hydrogen-bond acceptors (Lipinski definition) is 4. The molecule has 0 spiro atoms. The minimum absolute atomic E-state index is 0.456. The molecule has 0 radical (unpaired) electrons. The summed E-state index contributed by atoms with van der Waals surface area (Å²) in [6, 6.07) is 2.65. The summed E-state index contributed by atoms with van der Waals surface area (Å²) < 4.78 is 0. The Hall–Kier alpha value is -0.920. The third-order valence-corrected chi connectivity index (χ3v) is 3.71. The molecule has 0 atom stereocenters. The molecule has 0 fully saturated rings. The molecule has 0 saturated heterocycles. The summed E-state index contributed by atoms with van der Waals surface area (Å²) in [5.41, 5.74) is 1.13. The van der Waals surface area contributed by atoms with E-state index in [1.54, 1.807) is 11.3 Å². The highest BCUT2D eigenvalue weighted by molar-refractivity contribution is 7.11. The highest BCUT2D eigenvalue weighted by Gasteiger charge is 2.12. The molecule has 16 heavy (non-hydrogen) atoms. The SMILES string of the molecule is Cc1nc(CN(CCC#N)C(C)C)sc1C. The van der Waals surface area contributed by atoms with Gasteiger partial charge in [0.1, 0.15) is 5.01 Å². The molecule has 0 bridgehead atoms. The summed E-state index contributed by atoms with van der Waals surface area (Å²) in [5.74, 6) is 0. The third kappa shape index (κ3) is 3.58. The van der Waals surface area contributed by atoms with Gasteiger partial charge in [0.25, 0.3) is 0 Å². The van der Waals surface area contributed by atoms with Crippen molar-refractivity contribution in [1.82, 2.24) is 9.88 Å². The van der Waals surface area contributed by atoms with Crippen molar-refractivity contribution in [2.75, 3.05) is 6.54 Å². The molecular weight excluding hydrogens is 218 g/mol. The molecule has 0 amide bonds. The fourth-order valence-electron chi connectivity index (χ4n) is 1.49. The molecule has 1 rings (SSSR count). The van der Waals surface area contributed by atoms with Crippen LogP contribution >= 0.6 is 11.3 Å². The molecule has 1 aromatic rings. The number of rotatable bonds is 5. The standard InChI is InChI=1S/C12H19N3S/c1-9(2)15(7-5-6-13)8-12-14-10(3)11(4)16-12/h9H,5,7-8H2,1-4H3. The average Bonchev–Trinajstić information content (AvgIpc) is 2.52. The molecule has 0 N–H and O–H groups in total. The second kappa shape index (κ2) is 5.97. The lowest BCUT2D eigenvalue weighted by Crippen LogP contribution is -2.31. The molecule has 0 aromatic carbocycles. The minimum Gasteiger partial charge on any atom is -0.293 e. The summed E-state index contributed by atoms with van der Waals surface area (Å²) in [5, 5.41) is 9.78. The van der Waals surface area contributed by atoms with E-state index < -0.39 is 0 Å². The van der Waals surface area contributed by atoms with Crippen LogP contribution in [0.3, 0.4) is 0 Å². The van der Waals surface area contributed by atoms with Crippen molar-refractivity contribution in [2.45, 2.75) is 46.7 Å². The fraction of sp³-hybridized carbons (Fsp3) is 0.667. The van der Waals surface area contributed by atoms with Crippen LogP contribution in [0, 0.1) is 25.2 Å². The van der Waals surface area contributed by atoms with Crippen LogP contribution in [0.4, 0.5) is 0 Å². The van der Waals surface area contributed by atoms with Gasteiger partial charge >= 0.3 is 0 Å². The van der Waals surface area contributed by atoms with E-state index in [-0.39, 0.29) is 0 Å². The Bertz CT molecular complexity index is 357. The zero-order valence-electron chi connectivity index (χ0n) is 10.4. The number of nitriles is 1. The molecule has 0 aliphatic carbocycles. The van der Waals surface area contributed by atoms with Gasteiger partial charge in [0.05, 0.1) is 18.3 Å². The van der Waals surface area contributed by atoms with E-state index in [0.717, 1.165) is 23.8 Å². The van der Waals surface area contributed by atoms with Crippen LogP contribution in [-0.4, -0.2) is 22.5 Å². The normalized spacial score (nSPS) is 11.1. The van der Waals surface area contributed by atoms with Crippen molar-refractivity contribution in [3.63, 3.8) is 0 Å². The minimum atomic E-state index is 0.456. The van der Waals surface area contributed by atoms with E-state index in [9.17, 15) is 0 Å². The van der Waals surface area contributed by atoms with Crippen LogP contribution in [0.25, 0.3) is 0 Å². The van der Waals surface area contributed by atoms with Gasteiger partial charge in [-0.3, -0.25) is 4.90 Å². The number of aromatic nitrogens is 1. The molecule has 0 aliphatic rings. The van der Waals surface area contributed by atoms with Gasteiger partial charge in [-0.25, -0.2) is 4.98 Å². The van der Waals surface area contributed by atoms with Crippen molar-refractivity contribution in [2.24, 2.45) is 0 Å². The van der Waals surface area contributed by atoms with Crippen LogP contribution in [-0.2, 0) is 6.54 Å². The summed E-state index contributed by atoms with van der Waals surface area (Å²) >= 11 is 1.76. The maximum atomic E-state index is 8.62. The molecule has 3 nitrogen and oxygen atoms in total. The Morgan fingerprint density at radius 1 is 1.44 bits per heavy atom. The zero-order chi connectivity index (χ0) is 12.1. The van der Waals surface area contributed by atoms with E-state index in [0.29, 0.717) is 12.5 Å². The molecule has 0 saturated carbocycles. The first-order valence-electron chi connectivity index (χ1n) is 5.58. The average molecular weight is 237 g/mol. The lowest BCUT2D eigenvalue weighted by molar-refractivity contribution is 0.217. The lowest BCUT2D eigenvalue weighted by atomic mass is 10.3. The molecular formula is C12H19N3S. The number of aryl methyl sites for hydroxylation is 2. The van der Waals surface area contributed by atoms with Crippen LogP contribution < -0.4 is 0 Å². The molecule has 88 valence electrons. The van der Waals surface area contributed by atoms with Crippen molar-refractivity contribution < 1.29 is 0 Å². The fourth-order valence-corrected chi connectivity index (χ4v) is 2.45. The van der Waals surface area contributed by atoms with Crippen LogP contribution in [0.2, 0.25) is 0 Å². The highest BCUT2D eigenvalue weighted by Crippen LogP contribution is 2.19. The van der Waals surface area contributed by atoms with Crippen molar-refractivity contribution >= 4 is 11.3 Å². The van der Waals surface area contributed by atoms with E-state index in [2.05, 4.69) is 36.7 Å². The monoisotopic (exact) mass is 237 g/mol. The molecule has 0 aliphatic heterocycles. The second-order valence-electron chi connectivity index (χ2n) is 4.22. The summed E-state index contributed by atoms with van der Waals surface area (Å²) in [6.07, 6.45) is 0.585. The Balaban J connectivity index is 2.64. The number of hydrogen-bond donors (Lipinski definition) is 0. The molecule has 1 heterocycles. The Kier molecular flexibility index (Phi) is 4.91. The summed E-state index contributed by atoms with van der Waals surface area (Å²) in [7, 11) is 0. The van der Waals surface area contributed by atoms with Crippen molar-refractivity contribution in [3.05, 3.63) is 15.6 Å². The first-order chi connectivity index (χ1) is 7.54. The van der Waals surface area contributed by atoms with E-state index in [1.807, 2.05) is 6.92 Å². The predicted molar refractivity (Wildman–Crippen MR) is 67.4 cm³/mol. The van der Waals surface area contributed by atoms with Gasteiger partial charge in [-0.1, -0.05) is 0 Å². The number of nitrogens with zero attached hydrogens (tertiary/aromatic N) is 3. The predicted octanol–water partition coefficient (Wildman–Crippen LogP) is 2.88. The topological polar surface area (TPSA) is 39.9 Å². The summed E-state index contributed by atoms with van der Waals surface area (Å²) in [6.45, 7) is 10.1. The van der Waals surface area contributed by atoms with Crippen LogP contribution in [0.1, 0.15) is 35.8 Å². The second-order valence-corrected chi connectivity index (χ2v) is 5.51. The third-order valence-electron chi connectivity index (χ3n) is 2.65. The molecule has 0 unspecified atom stereocenters. The first-order valence-corrected chi connectivity index (χ1v) is 6.40. The van der Waals surface area contributed by atoms with E-state index in [4.69, 9.17) is 5.26 Å². The first kappa shape index (κ1) is 13.1. The molecule has 1 aromatic heterocycles. The zero-order valence-corrected chi connectivity index (χ0v) is 11.3. The Labute approximate surface area is 102 Å². The molecule has 4 heteroatoms. The van der Waals surface area contributed by atoms with Gasteiger partial charge < -0.3 is 0 Å². The summed E-state index contributed by atoms with van der Waals surface area (Å²) in [4.78, 5) is 8.12. The van der Waals surface area contributed by atoms with Gasteiger partial charge in [-0.15, -0.1) is 11.3 Å². The van der Waals surface area contributed by atoms with Crippen LogP contribution in [0.15, 0.2) is 0 Å². The van der Waals surface area contributed by atoms with Crippen LogP contribution in [0.5, 0.6) is 0 Å². The maximum absolute atomic E-state index is 8.62.